The minimum Gasteiger partial charge on any atom is -0.347 e. The molecule has 1 aromatic carbocycles. The van der Waals surface area contributed by atoms with E-state index in [1.54, 1.807) is 10.7 Å². The number of hydrogen-bond acceptors (Lipinski definition) is 5. The summed E-state index contributed by atoms with van der Waals surface area (Å²) in [5, 5.41) is 7.77. The van der Waals surface area contributed by atoms with Crippen LogP contribution in [0.1, 0.15) is 27.9 Å². The summed E-state index contributed by atoms with van der Waals surface area (Å²) in [6, 6.07) is 9.35. The Hall–Kier alpha value is -2.51. The molecule has 1 unspecified atom stereocenters. The maximum Gasteiger partial charge on any atom is 0.291 e. The monoisotopic (exact) mass is 358 g/mol. The van der Waals surface area contributed by atoms with Gasteiger partial charge in [-0.3, -0.25) is 4.79 Å². The van der Waals surface area contributed by atoms with Gasteiger partial charge in [0.15, 0.2) is 0 Å². The second kappa shape index (κ2) is 7.16. The van der Waals surface area contributed by atoms with Crippen LogP contribution in [0.2, 0.25) is 5.02 Å². The molecule has 7 nitrogen and oxygen atoms in total. The molecule has 3 aromatic rings. The molecular formula is C17H19ClN6O. The number of likely N-dealkylation sites (N-methyl/N-ethyl adjacent to an activating group) is 1. The lowest BCUT2D eigenvalue weighted by atomic mass is 10.1. The molecule has 130 valence electrons. The van der Waals surface area contributed by atoms with E-state index in [0.29, 0.717) is 17.3 Å². The van der Waals surface area contributed by atoms with Crippen LogP contribution in [0.5, 0.6) is 0 Å². The molecule has 0 aliphatic heterocycles. The molecule has 0 saturated carbocycles. The summed E-state index contributed by atoms with van der Waals surface area (Å²) in [5.74, 6) is 0.155. The number of nitrogens with zero attached hydrogens (tertiary/aromatic N) is 5. The van der Waals surface area contributed by atoms with Gasteiger partial charge in [0.1, 0.15) is 0 Å². The number of halogens is 1. The molecule has 0 spiro atoms. The molecule has 8 heteroatoms. The minimum atomic E-state index is -0.344. The maximum atomic E-state index is 12.4. The van der Waals surface area contributed by atoms with Crippen molar-refractivity contribution < 1.29 is 4.79 Å². The quantitative estimate of drug-likeness (QED) is 0.756. The maximum absolute atomic E-state index is 12.4. The highest BCUT2D eigenvalue weighted by Gasteiger charge is 2.20. The van der Waals surface area contributed by atoms with Crippen molar-refractivity contribution >= 4 is 23.3 Å². The summed E-state index contributed by atoms with van der Waals surface area (Å²) in [5.41, 5.74) is 1.81. The largest absolute Gasteiger partial charge is 0.347 e. The number of fused-ring (bicyclic) bond motifs is 1. The van der Waals surface area contributed by atoms with Crippen molar-refractivity contribution in [3.8, 4) is 0 Å². The second-order valence-corrected chi connectivity index (χ2v) is 6.35. The van der Waals surface area contributed by atoms with Crippen molar-refractivity contribution in [1.29, 1.82) is 0 Å². The zero-order valence-electron chi connectivity index (χ0n) is 14.3. The summed E-state index contributed by atoms with van der Waals surface area (Å²) < 4.78 is 1.55. The van der Waals surface area contributed by atoms with Gasteiger partial charge in [-0.05, 0) is 38.7 Å². The van der Waals surface area contributed by atoms with Gasteiger partial charge < -0.3 is 10.2 Å². The summed E-state index contributed by atoms with van der Waals surface area (Å²) in [7, 11) is 3.88. The Morgan fingerprint density at radius 3 is 2.76 bits per heavy atom. The van der Waals surface area contributed by atoms with E-state index in [9.17, 15) is 4.79 Å². The predicted molar refractivity (Wildman–Crippen MR) is 95.7 cm³/mol. The van der Waals surface area contributed by atoms with E-state index < -0.39 is 0 Å². The number of rotatable bonds is 5. The molecule has 0 aliphatic rings. The van der Waals surface area contributed by atoms with E-state index >= 15 is 0 Å². The van der Waals surface area contributed by atoms with Crippen LogP contribution < -0.4 is 5.32 Å². The fourth-order valence-corrected chi connectivity index (χ4v) is 2.85. The van der Waals surface area contributed by atoms with E-state index in [4.69, 9.17) is 11.6 Å². The lowest BCUT2D eigenvalue weighted by Crippen LogP contribution is -2.35. The van der Waals surface area contributed by atoms with E-state index in [-0.39, 0.29) is 17.8 Å². The van der Waals surface area contributed by atoms with Gasteiger partial charge in [0.05, 0.1) is 6.04 Å². The first-order valence-corrected chi connectivity index (χ1v) is 8.22. The molecule has 3 rings (SSSR count). The van der Waals surface area contributed by atoms with Crippen molar-refractivity contribution in [2.24, 2.45) is 0 Å². The normalized spacial score (nSPS) is 12.5. The molecule has 25 heavy (non-hydrogen) atoms. The van der Waals surface area contributed by atoms with E-state index in [1.165, 1.54) is 0 Å². The third-order valence-corrected chi connectivity index (χ3v) is 4.32. The molecule has 1 atom stereocenters. The summed E-state index contributed by atoms with van der Waals surface area (Å²) >= 11 is 6.29. The molecule has 1 amide bonds. The van der Waals surface area contributed by atoms with Crippen LogP contribution in [0.3, 0.4) is 0 Å². The Bertz CT molecular complexity index is 907. The first-order chi connectivity index (χ1) is 12.0. The highest BCUT2D eigenvalue weighted by Crippen LogP contribution is 2.25. The highest BCUT2D eigenvalue weighted by molar-refractivity contribution is 6.31. The number of carbonyl (C=O) groups is 1. The topological polar surface area (TPSA) is 75.4 Å². The van der Waals surface area contributed by atoms with Crippen molar-refractivity contribution in [1.82, 2.24) is 29.8 Å². The van der Waals surface area contributed by atoms with Crippen LogP contribution in [0, 0.1) is 6.92 Å². The Labute approximate surface area is 150 Å². The fraction of sp³-hybridized carbons (Fsp3) is 0.294. The van der Waals surface area contributed by atoms with E-state index in [1.807, 2.05) is 56.3 Å². The Balaban J connectivity index is 1.77. The molecule has 2 heterocycles. The number of aryl methyl sites for hydroxylation is 1. The zero-order chi connectivity index (χ0) is 18.0. The van der Waals surface area contributed by atoms with Gasteiger partial charge in [0.2, 0.25) is 5.82 Å². The number of hydrogen-bond donors (Lipinski definition) is 1. The highest BCUT2D eigenvalue weighted by atomic mass is 35.5. The SMILES string of the molecule is Cc1ccnc2nc(C(=O)NCC(c3ccccc3Cl)N(C)C)nn12. The van der Waals surface area contributed by atoms with Gasteiger partial charge in [-0.2, -0.15) is 4.98 Å². The van der Waals surface area contributed by atoms with Crippen LogP contribution in [0.25, 0.3) is 5.78 Å². The number of aromatic nitrogens is 4. The lowest BCUT2D eigenvalue weighted by molar-refractivity contribution is 0.0931. The molecule has 0 fully saturated rings. The Kier molecular flexibility index (Phi) is 4.96. The first kappa shape index (κ1) is 17.3. The van der Waals surface area contributed by atoms with Crippen LogP contribution in [0.15, 0.2) is 36.5 Å². The van der Waals surface area contributed by atoms with Gasteiger partial charge in [-0.1, -0.05) is 29.8 Å². The van der Waals surface area contributed by atoms with Gasteiger partial charge in [0, 0.05) is 23.5 Å². The van der Waals surface area contributed by atoms with Crippen LogP contribution >= 0.6 is 11.6 Å². The molecule has 0 aliphatic carbocycles. The van der Waals surface area contributed by atoms with Crippen LogP contribution in [-0.4, -0.2) is 51.0 Å². The Morgan fingerprint density at radius 2 is 2.08 bits per heavy atom. The van der Waals surface area contributed by atoms with Gasteiger partial charge in [-0.15, -0.1) is 5.10 Å². The van der Waals surface area contributed by atoms with Crippen molar-refractivity contribution in [3.63, 3.8) is 0 Å². The Morgan fingerprint density at radius 1 is 1.32 bits per heavy atom. The van der Waals surface area contributed by atoms with E-state index in [2.05, 4.69) is 20.4 Å². The second-order valence-electron chi connectivity index (χ2n) is 5.94. The predicted octanol–water partition coefficient (Wildman–Crippen LogP) is 2.12. The molecule has 0 bridgehead atoms. The molecular weight excluding hydrogens is 340 g/mol. The molecule has 2 aromatic heterocycles. The molecule has 1 N–H and O–H groups in total. The third-order valence-electron chi connectivity index (χ3n) is 3.98. The van der Waals surface area contributed by atoms with Crippen LogP contribution in [-0.2, 0) is 0 Å². The standard InChI is InChI=1S/C17H19ClN6O/c1-11-8-9-19-17-21-15(22-24(11)17)16(25)20-10-14(23(2)3)12-6-4-5-7-13(12)18/h4-9,14H,10H2,1-3H3,(H,20,25). The van der Waals surface area contributed by atoms with E-state index in [0.717, 1.165) is 11.3 Å². The average Bonchev–Trinajstić information content (AvgIpc) is 3.02. The summed E-state index contributed by atoms with van der Waals surface area (Å²) in [6.07, 6.45) is 1.64. The summed E-state index contributed by atoms with van der Waals surface area (Å²) in [4.78, 5) is 22.7. The fourth-order valence-electron chi connectivity index (χ4n) is 2.59. The average molecular weight is 359 g/mol. The number of benzene rings is 1. The number of nitrogens with one attached hydrogen (secondary N) is 1. The number of carbonyl (C=O) groups excluding carboxylic acids is 1. The van der Waals surface area contributed by atoms with Crippen molar-refractivity contribution in [3.05, 3.63) is 58.6 Å². The number of amides is 1. The van der Waals surface area contributed by atoms with Gasteiger partial charge in [0.25, 0.3) is 11.7 Å². The van der Waals surface area contributed by atoms with Crippen molar-refractivity contribution in [2.45, 2.75) is 13.0 Å². The zero-order valence-corrected chi connectivity index (χ0v) is 15.0. The first-order valence-electron chi connectivity index (χ1n) is 7.85. The smallest absolute Gasteiger partial charge is 0.291 e. The van der Waals surface area contributed by atoms with Gasteiger partial charge >= 0.3 is 0 Å². The minimum absolute atomic E-state index is 0.0606. The molecule has 0 radical (unpaired) electrons. The van der Waals surface area contributed by atoms with Gasteiger partial charge in [-0.25, -0.2) is 9.50 Å². The lowest BCUT2D eigenvalue weighted by Gasteiger charge is -2.25. The van der Waals surface area contributed by atoms with Crippen LogP contribution in [0.4, 0.5) is 0 Å². The summed E-state index contributed by atoms with van der Waals surface area (Å²) in [6.45, 7) is 2.27. The molecule has 0 saturated heterocycles. The third kappa shape index (κ3) is 3.62. The van der Waals surface area contributed by atoms with Crippen molar-refractivity contribution in [2.75, 3.05) is 20.6 Å².